The molecular weight excluding hydrogens is 332 g/mol. The van der Waals surface area contributed by atoms with Gasteiger partial charge in [0.2, 0.25) is 11.9 Å². The SMILES string of the molecule is CN(C(=O)C1CCC1)C1CCCN(c2ncc(Br)cn2)C1. The van der Waals surface area contributed by atoms with E-state index in [0.717, 1.165) is 49.2 Å². The highest BCUT2D eigenvalue weighted by molar-refractivity contribution is 9.10. The van der Waals surface area contributed by atoms with Gasteiger partial charge < -0.3 is 9.80 Å². The van der Waals surface area contributed by atoms with Crippen LogP contribution in [0.2, 0.25) is 0 Å². The van der Waals surface area contributed by atoms with Gasteiger partial charge in [-0.15, -0.1) is 0 Å². The van der Waals surface area contributed by atoms with E-state index in [2.05, 4.69) is 30.8 Å². The zero-order valence-electron chi connectivity index (χ0n) is 12.3. The molecule has 0 bridgehead atoms. The van der Waals surface area contributed by atoms with Crippen molar-refractivity contribution >= 4 is 27.8 Å². The summed E-state index contributed by atoms with van der Waals surface area (Å²) >= 11 is 3.36. The molecule has 1 saturated carbocycles. The number of amides is 1. The van der Waals surface area contributed by atoms with Gasteiger partial charge in [-0.3, -0.25) is 4.79 Å². The van der Waals surface area contributed by atoms with Crippen LogP contribution in [-0.4, -0.2) is 47.0 Å². The largest absolute Gasteiger partial charge is 0.341 e. The predicted molar refractivity (Wildman–Crippen MR) is 85.1 cm³/mol. The molecule has 0 aromatic carbocycles. The number of nitrogens with zero attached hydrogens (tertiary/aromatic N) is 4. The van der Waals surface area contributed by atoms with E-state index >= 15 is 0 Å². The molecule has 1 saturated heterocycles. The average Bonchev–Trinajstić information content (AvgIpc) is 2.45. The molecule has 0 radical (unpaired) electrons. The van der Waals surface area contributed by atoms with Crippen molar-refractivity contribution in [1.82, 2.24) is 14.9 Å². The number of halogens is 1. The zero-order valence-corrected chi connectivity index (χ0v) is 13.9. The van der Waals surface area contributed by atoms with Gasteiger partial charge in [0.15, 0.2) is 0 Å². The lowest BCUT2D eigenvalue weighted by molar-refractivity contribution is -0.139. The van der Waals surface area contributed by atoms with Crippen LogP contribution >= 0.6 is 15.9 Å². The van der Waals surface area contributed by atoms with Gasteiger partial charge in [-0.05, 0) is 41.6 Å². The zero-order chi connectivity index (χ0) is 14.8. The molecule has 6 heteroatoms. The van der Waals surface area contributed by atoms with E-state index in [1.54, 1.807) is 12.4 Å². The van der Waals surface area contributed by atoms with Gasteiger partial charge in [0.25, 0.3) is 0 Å². The Morgan fingerprint density at radius 2 is 2.00 bits per heavy atom. The Morgan fingerprint density at radius 1 is 1.29 bits per heavy atom. The smallest absolute Gasteiger partial charge is 0.225 e. The molecule has 2 heterocycles. The minimum Gasteiger partial charge on any atom is -0.341 e. The minimum absolute atomic E-state index is 0.273. The van der Waals surface area contributed by atoms with Crippen LogP contribution < -0.4 is 4.90 Å². The first-order valence-electron chi connectivity index (χ1n) is 7.64. The van der Waals surface area contributed by atoms with Crippen LogP contribution in [-0.2, 0) is 4.79 Å². The maximum atomic E-state index is 12.4. The number of hydrogen-bond acceptors (Lipinski definition) is 4. The maximum Gasteiger partial charge on any atom is 0.225 e. The Hall–Kier alpha value is -1.17. The second-order valence-corrected chi connectivity index (χ2v) is 6.94. The number of rotatable bonds is 3. The van der Waals surface area contributed by atoms with Gasteiger partial charge in [-0.25, -0.2) is 9.97 Å². The van der Waals surface area contributed by atoms with E-state index in [0.29, 0.717) is 5.91 Å². The van der Waals surface area contributed by atoms with Gasteiger partial charge in [-0.1, -0.05) is 6.42 Å². The Balaban J connectivity index is 1.64. The van der Waals surface area contributed by atoms with Gasteiger partial charge >= 0.3 is 0 Å². The highest BCUT2D eigenvalue weighted by atomic mass is 79.9. The van der Waals surface area contributed by atoms with Crippen LogP contribution in [0.25, 0.3) is 0 Å². The fourth-order valence-electron chi connectivity index (χ4n) is 3.04. The molecule has 1 aliphatic carbocycles. The van der Waals surface area contributed by atoms with Gasteiger partial charge in [0, 0.05) is 44.5 Å². The summed E-state index contributed by atoms with van der Waals surface area (Å²) in [4.78, 5) is 25.3. The van der Waals surface area contributed by atoms with Crippen molar-refractivity contribution in [2.45, 2.75) is 38.1 Å². The second kappa shape index (κ2) is 6.30. The number of anilines is 1. The van der Waals surface area contributed by atoms with E-state index in [1.165, 1.54) is 6.42 Å². The van der Waals surface area contributed by atoms with Crippen LogP contribution in [0.5, 0.6) is 0 Å². The van der Waals surface area contributed by atoms with E-state index in [9.17, 15) is 4.79 Å². The average molecular weight is 353 g/mol. The van der Waals surface area contributed by atoms with Crippen molar-refractivity contribution in [3.05, 3.63) is 16.9 Å². The van der Waals surface area contributed by atoms with Crippen LogP contribution in [0.3, 0.4) is 0 Å². The first-order valence-corrected chi connectivity index (χ1v) is 8.43. The van der Waals surface area contributed by atoms with Crippen molar-refractivity contribution in [1.29, 1.82) is 0 Å². The molecule has 1 amide bonds. The van der Waals surface area contributed by atoms with Crippen molar-refractivity contribution < 1.29 is 4.79 Å². The second-order valence-electron chi connectivity index (χ2n) is 6.02. The summed E-state index contributed by atoms with van der Waals surface area (Å²) < 4.78 is 0.886. The molecule has 0 spiro atoms. The van der Waals surface area contributed by atoms with Crippen LogP contribution in [0.4, 0.5) is 5.95 Å². The maximum absolute atomic E-state index is 12.4. The van der Waals surface area contributed by atoms with E-state index < -0.39 is 0 Å². The van der Waals surface area contributed by atoms with Crippen LogP contribution in [0.1, 0.15) is 32.1 Å². The Morgan fingerprint density at radius 3 is 2.62 bits per heavy atom. The number of piperidine rings is 1. The monoisotopic (exact) mass is 352 g/mol. The number of likely N-dealkylation sites (N-methyl/N-ethyl adjacent to an activating group) is 1. The third-order valence-electron chi connectivity index (χ3n) is 4.64. The molecule has 21 heavy (non-hydrogen) atoms. The number of hydrogen-bond donors (Lipinski definition) is 0. The van der Waals surface area contributed by atoms with Crippen molar-refractivity contribution in [3.63, 3.8) is 0 Å². The standard InChI is InChI=1S/C15H21BrN4O/c1-19(14(21)11-4-2-5-11)13-6-3-7-20(10-13)15-17-8-12(16)9-18-15/h8-9,11,13H,2-7,10H2,1H3. The summed E-state index contributed by atoms with van der Waals surface area (Å²) in [7, 11) is 1.96. The summed E-state index contributed by atoms with van der Waals surface area (Å²) in [6.45, 7) is 1.79. The normalized spacial score (nSPS) is 22.8. The summed E-state index contributed by atoms with van der Waals surface area (Å²) in [5.41, 5.74) is 0. The number of carbonyl (C=O) groups excluding carboxylic acids is 1. The predicted octanol–water partition coefficient (Wildman–Crippen LogP) is 2.47. The van der Waals surface area contributed by atoms with Crippen molar-refractivity contribution in [2.75, 3.05) is 25.0 Å². The molecule has 1 atom stereocenters. The molecule has 114 valence electrons. The van der Waals surface area contributed by atoms with Crippen molar-refractivity contribution in [3.8, 4) is 0 Å². The molecule has 2 fully saturated rings. The summed E-state index contributed by atoms with van der Waals surface area (Å²) in [6.07, 6.45) is 9.03. The van der Waals surface area contributed by atoms with E-state index in [1.807, 2.05) is 11.9 Å². The van der Waals surface area contributed by atoms with Gasteiger partial charge in [0.1, 0.15) is 0 Å². The summed E-state index contributed by atoms with van der Waals surface area (Å²) in [5.74, 6) is 1.35. The molecule has 5 nitrogen and oxygen atoms in total. The Labute approximate surface area is 133 Å². The fraction of sp³-hybridized carbons (Fsp3) is 0.667. The molecule has 0 N–H and O–H groups in total. The van der Waals surface area contributed by atoms with Gasteiger partial charge in [-0.2, -0.15) is 0 Å². The van der Waals surface area contributed by atoms with E-state index in [-0.39, 0.29) is 12.0 Å². The first-order chi connectivity index (χ1) is 10.1. The first kappa shape index (κ1) is 14.8. The molecule has 1 aromatic rings. The molecule has 1 unspecified atom stereocenters. The highest BCUT2D eigenvalue weighted by Gasteiger charge is 2.33. The fourth-order valence-corrected chi connectivity index (χ4v) is 3.25. The lowest BCUT2D eigenvalue weighted by Gasteiger charge is -2.40. The van der Waals surface area contributed by atoms with Crippen molar-refractivity contribution in [2.24, 2.45) is 5.92 Å². The molecule has 1 aromatic heterocycles. The minimum atomic E-state index is 0.273. The lowest BCUT2D eigenvalue weighted by Crippen LogP contribution is -2.51. The third kappa shape index (κ3) is 3.20. The third-order valence-corrected chi connectivity index (χ3v) is 5.05. The number of aromatic nitrogens is 2. The topological polar surface area (TPSA) is 49.3 Å². The summed E-state index contributed by atoms with van der Waals surface area (Å²) in [5, 5.41) is 0. The summed E-state index contributed by atoms with van der Waals surface area (Å²) in [6, 6.07) is 0.277. The molecular formula is C15H21BrN4O. The van der Waals surface area contributed by atoms with Gasteiger partial charge in [0.05, 0.1) is 4.47 Å². The quantitative estimate of drug-likeness (QED) is 0.838. The molecule has 1 aliphatic heterocycles. The highest BCUT2D eigenvalue weighted by Crippen LogP contribution is 2.29. The lowest BCUT2D eigenvalue weighted by atomic mass is 9.84. The Bertz CT molecular complexity index is 503. The number of carbonyl (C=O) groups is 1. The molecule has 3 rings (SSSR count). The Kier molecular flexibility index (Phi) is 4.42. The van der Waals surface area contributed by atoms with E-state index in [4.69, 9.17) is 0 Å². The molecule has 2 aliphatic rings. The van der Waals surface area contributed by atoms with Crippen LogP contribution in [0.15, 0.2) is 16.9 Å². The van der Waals surface area contributed by atoms with Crippen LogP contribution in [0, 0.1) is 5.92 Å².